The molecule has 1 aromatic carbocycles. The minimum Gasteiger partial charge on any atom is -0.315 e. The predicted octanol–water partition coefficient (Wildman–Crippen LogP) is 2.50. The maximum atomic E-state index is 11.5. The van der Waals surface area contributed by atoms with Gasteiger partial charge in [-0.2, -0.15) is 0 Å². The monoisotopic (exact) mass is 249 g/mol. The van der Waals surface area contributed by atoms with E-state index >= 15 is 0 Å². The largest absolute Gasteiger partial charge is 0.315 e. The van der Waals surface area contributed by atoms with E-state index in [1.54, 1.807) is 11.8 Å². The Morgan fingerprint density at radius 1 is 1.29 bits per heavy atom. The molecule has 5 heteroatoms. The Bertz CT molecular complexity index is 580. The van der Waals surface area contributed by atoms with Crippen molar-refractivity contribution in [1.82, 2.24) is 9.97 Å². The molecule has 0 radical (unpaired) electrons. The highest BCUT2D eigenvalue weighted by Crippen LogP contribution is 2.19. The lowest BCUT2D eigenvalue weighted by atomic mass is 10.3. The lowest BCUT2D eigenvalue weighted by Crippen LogP contribution is -2.19. The summed E-state index contributed by atoms with van der Waals surface area (Å²) in [6, 6.07) is 9.65. The van der Waals surface area contributed by atoms with Gasteiger partial charge in [0, 0.05) is 12.7 Å². The Labute approximate surface area is 104 Å². The summed E-state index contributed by atoms with van der Waals surface area (Å²) in [5.41, 5.74) is 1.14. The average molecular weight is 250 g/mol. The molecule has 0 unspecified atom stereocenters. The van der Waals surface area contributed by atoms with Gasteiger partial charge in [0.1, 0.15) is 5.02 Å². The van der Waals surface area contributed by atoms with Crippen LogP contribution in [0.15, 0.2) is 35.1 Å². The summed E-state index contributed by atoms with van der Waals surface area (Å²) < 4.78 is 0. The molecule has 0 amide bonds. The molecule has 0 aliphatic heterocycles. The Hall–Kier alpha value is -1.81. The van der Waals surface area contributed by atoms with E-state index in [-0.39, 0.29) is 10.6 Å². The molecule has 1 aromatic heterocycles. The number of aromatic nitrogens is 2. The van der Waals surface area contributed by atoms with E-state index in [4.69, 9.17) is 11.6 Å². The zero-order chi connectivity index (χ0) is 12.4. The second kappa shape index (κ2) is 4.59. The molecule has 0 saturated carbocycles. The number of benzene rings is 1. The van der Waals surface area contributed by atoms with Gasteiger partial charge in [0.2, 0.25) is 5.95 Å². The maximum Gasteiger partial charge on any atom is 0.271 e. The third kappa shape index (κ3) is 2.31. The minimum atomic E-state index is -0.322. The first kappa shape index (κ1) is 11.7. The second-order valence-corrected chi connectivity index (χ2v) is 4.06. The molecule has 17 heavy (non-hydrogen) atoms. The summed E-state index contributed by atoms with van der Waals surface area (Å²) >= 11 is 5.78. The first-order chi connectivity index (χ1) is 8.09. The van der Waals surface area contributed by atoms with Crippen LogP contribution in [-0.2, 0) is 0 Å². The smallest absolute Gasteiger partial charge is 0.271 e. The van der Waals surface area contributed by atoms with Crippen molar-refractivity contribution in [2.75, 3.05) is 11.9 Å². The molecular formula is C12H12ClN3O. The van der Waals surface area contributed by atoms with Crippen LogP contribution >= 0.6 is 11.6 Å². The summed E-state index contributed by atoms with van der Waals surface area (Å²) in [6.07, 6.45) is 0. The number of hydrogen-bond donors (Lipinski definition) is 1. The first-order valence-electron chi connectivity index (χ1n) is 5.15. The number of nitrogens with zero attached hydrogens (tertiary/aromatic N) is 2. The van der Waals surface area contributed by atoms with E-state index in [0.717, 1.165) is 5.69 Å². The van der Waals surface area contributed by atoms with Crippen LogP contribution < -0.4 is 10.5 Å². The highest BCUT2D eigenvalue weighted by atomic mass is 35.5. The molecule has 0 atom stereocenters. The quantitative estimate of drug-likeness (QED) is 0.890. The third-order valence-electron chi connectivity index (χ3n) is 2.48. The highest BCUT2D eigenvalue weighted by molar-refractivity contribution is 6.30. The number of aryl methyl sites for hydroxylation is 1. The summed E-state index contributed by atoms with van der Waals surface area (Å²) in [7, 11) is 1.83. The van der Waals surface area contributed by atoms with Gasteiger partial charge in [-0.25, -0.2) is 4.98 Å². The summed E-state index contributed by atoms with van der Waals surface area (Å²) in [6.45, 7) is 1.71. The topological polar surface area (TPSA) is 49.0 Å². The Kier molecular flexibility index (Phi) is 3.15. The van der Waals surface area contributed by atoms with Crippen molar-refractivity contribution in [2.45, 2.75) is 6.92 Å². The van der Waals surface area contributed by atoms with E-state index in [2.05, 4.69) is 9.97 Å². The number of para-hydroxylation sites is 1. The number of hydrogen-bond acceptors (Lipinski definition) is 3. The van der Waals surface area contributed by atoms with Crippen molar-refractivity contribution in [1.29, 1.82) is 0 Å². The molecule has 1 heterocycles. The fourth-order valence-electron chi connectivity index (χ4n) is 1.49. The summed E-state index contributed by atoms with van der Waals surface area (Å²) in [5.74, 6) is 0.475. The molecule has 0 bridgehead atoms. The van der Waals surface area contributed by atoms with Crippen LogP contribution in [0.25, 0.3) is 0 Å². The zero-order valence-electron chi connectivity index (χ0n) is 9.57. The van der Waals surface area contributed by atoms with Gasteiger partial charge in [-0.05, 0) is 19.1 Å². The van der Waals surface area contributed by atoms with Crippen LogP contribution in [-0.4, -0.2) is 17.0 Å². The molecule has 88 valence electrons. The predicted molar refractivity (Wildman–Crippen MR) is 69.1 cm³/mol. The average Bonchev–Trinajstić information content (AvgIpc) is 2.35. The van der Waals surface area contributed by atoms with Crippen LogP contribution in [0.5, 0.6) is 0 Å². The van der Waals surface area contributed by atoms with Crippen LogP contribution in [0.3, 0.4) is 0 Å². The molecule has 2 rings (SSSR count). The summed E-state index contributed by atoms with van der Waals surface area (Å²) in [5, 5.41) is 0.134. The number of anilines is 2. The molecule has 0 aliphatic carbocycles. The maximum absolute atomic E-state index is 11.5. The molecule has 0 fully saturated rings. The van der Waals surface area contributed by atoms with Gasteiger partial charge >= 0.3 is 0 Å². The van der Waals surface area contributed by atoms with Gasteiger partial charge in [0.15, 0.2) is 0 Å². The van der Waals surface area contributed by atoms with Gasteiger partial charge in [-0.15, -0.1) is 0 Å². The fourth-order valence-corrected chi connectivity index (χ4v) is 1.58. The van der Waals surface area contributed by atoms with Crippen LogP contribution in [0.4, 0.5) is 11.6 Å². The van der Waals surface area contributed by atoms with Crippen LogP contribution in [0.2, 0.25) is 5.02 Å². The fraction of sp³-hybridized carbons (Fsp3) is 0.167. The van der Waals surface area contributed by atoms with Gasteiger partial charge < -0.3 is 4.90 Å². The molecule has 0 spiro atoms. The van der Waals surface area contributed by atoms with Crippen molar-refractivity contribution >= 4 is 23.2 Å². The van der Waals surface area contributed by atoms with Crippen molar-refractivity contribution < 1.29 is 0 Å². The van der Waals surface area contributed by atoms with Crippen molar-refractivity contribution in [3.05, 3.63) is 51.4 Å². The van der Waals surface area contributed by atoms with Crippen LogP contribution in [0.1, 0.15) is 5.69 Å². The van der Waals surface area contributed by atoms with E-state index in [1.165, 1.54) is 0 Å². The summed E-state index contributed by atoms with van der Waals surface area (Å²) in [4.78, 5) is 20.2. The third-order valence-corrected chi connectivity index (χ3v) is 2.92. The SMILES string of the molecule is Cc1nc(N(C)c2ccccc2)[nH]c(=O)c1Cl. The first-order valence-corrected chi connectivity index (χ1v) is 5.52. The minimum absolute atomic E-state index is 0.134. The molecule has 2 aromatic rings. The highest BCUT2D eigenvalue weighted by Gasteiger charge is 2.10. The lowest BCUT2D eigenvalue weighted by Gasteiger charge is -2.17. The van der Waals surface area contributed by atoms with E-state index in [0.29, 0.717) is 11.6 Å². The van der Waals surface area contributed by atoms with E-state index in [1.807, 2.05) is 37.4 Å². The molecule has 0 saturated heterocycles. The second-order valence-electron chi connectivity index (χ2n) is 3.68. The normalized spacial score (nSPS) is 10.3. The van der Waals surface area contributed by atoms with Gasteiger partial charge in [-0.3, -0.25) is 9.78 Å². The van der Waals surface area contributed by atoms with Crippen molar-refractivity contribution in [2.24, 2.45) is 0 Å². The molecule has 1 N–H and O–H groups in total. The van der Waals surface area contributed by atoms with E-state index in [9.17, 15) is 4.79 Å². The Morgan fingerprint density at radius 3 is 2.53 bits per heavy atom. The Balaban J connectivity index is 2.45. The molecule has 4 nitrogen and oxygen atoms in total. The van der Waals surface area contributed by atoms with Gasteiger partial charge in [0.25, 0.3) is 5.56 Å². The number of nitrogens with one attached hydrogen (secondary N) is 1. The lowest BCUT2D eigenvalue weighted by molar-refractivity contribution is 0.992. The number of halogens is 1. The van der Waals surface area contributed by atoms with Gasteiger partial charge in [0.05, 0.1) is 5.69 Å². The van der Waals surface area contributed by atoms with Gasteiger partial charge in [-0.1, -0.05) is 29.8 Å². The number of rotatable bonds is 2. The van der Waals surface area contributed by atoms with Crippen LogP contribution in [0, 0.1) is 6.92 Å². The molecular weight excluding hydrogens is 238 g/mol. The number of H-pyrrole nitrogens is 1. The van der Waals surface area contributed by atoms with E-state index < -0.39 is 0 Å². The Morgan fingerprint density at radius 2 is 1.94 bits per heavy atom. The zero-order valence-corrected chi connectivity index (χ0v) is 10.3. The number of aromatic amines is 1. The standard InChI is InChI=1S/C12H12ClN3O/c1-8-10(13)11(17)15-12(14-8)16(2)9-6-4-3-5-7-9/h3-7H,1-2H3,(H,14,15,17). The van der Waals surface area contributed by atoms with Crippen molar-refractivity contribution in [3.8, 4) is 0 Å². The molecule has 0 aliphatic rings. The van der Waals surface area contributed by atoms with Crippen molar-refractivity contribution in [3.63, 3.8) is 0 Å².